The normalized spacial score (nSPS) is 30.1. The Hall–Kier alpha value is -4.96. The minimum atomic E-state index is -2.21. The number of aliphatic hydroxyl groups excluding tert-OH is 3. The number of carbonyl (C=O) groups excluding carboxylic acids is 6. The maximum absolute atomic E-state index is 14.5. The number of hydrogen-bond acceptors (Lipinski definition) is 20. The number of likely N-dealkylation sites (N-methyl/N-ethyl adjacent to an activating group) is 1. The molecule has 0 aromatic heterocycles. The van der Waals surface area contributed by atoms with Gasteiger partial charge in [0.15, 0.2) is 11.9 Å². The van der Waals surface area contributed by atoms with Crippen LogP contribution in [0.2, 0.25) is 0 Å². The van der Waals surface area contributed by atoms with Crippen molar-refractivity contribution in [2.45, 2.75) is 237 Å². The van der Waals surface area contributed by atoms with Gasteiger partial charge < -0.3 is 99.8 Å². The van der Waals surface area contributed by atoms with Gasteiger partial charge in [-0.2, -0.15) is 0 Å². The van der Waals surface area contributed by atoms with Gasteiger partial charge >= 0.3 is 30.5 Å². The number of nitrogens with one attached hydrogen (secondary N) is 5. The van der Waals surface area contributed by atoms with Crippen molar-refractivity contribution in [1.82, 2.24) is 36.4 Å². The summed E-state index contributed by atoms with van der Waals surface area (Å²) in [6, 6.07) is -5.07. The van der Waals surface area contributed by atoms with Gasteiger partial charge in [-0.1, -0.05) is 0 Å². The molecule has 0 aromatic rings. The Morgan fingerprint density at radius 2 is 1.30 bits per heavy atom. The molecule has 79 heavy (non-hydrogen) atoms. The molecule has 0 bridgehead atoms. The largest absolute Gasteiger partial charge is 0.491 e. The third-order valence-electron chi connectivity index (χ3n) is 12.8. The van der Waals surface area contributed by atoms with Crippen LogP contribution in [0, 0.1) is 5.92 Å². The number of aliphatic hydroxyl groups is 5. The molecule has 3 heterocycles. The van der Waals surface area contributed by atoms with E-state index in [1.54, 1.807) is 110 Å². The van der Waals surface area contributed by atoms with E-state index < -0.39 is 156 Å². The summed E-state index contributed by atoms with van der Waals surface area (Å²) in [6.07, 6.45) is -12.1. The first-order chi connectivity index (χ1) is 36.0. The molecule has 26 heteroatoms. The quantitative estimate of drug-likeness (QED) is 0.105. The van der Waals surface area contributed by atoms with Crippen molar-refractivity contribution in [1.29, 1.82) is 0 Å². The Morgan fingerprint density at radius 3 is 1.86 bits per heavy atom. The van der Waals surface area contributed by atoms with E-state index in [4.69, 9.17) is 37.9 Å². The van der Waals surface area contributed by atoms with Crippen LogP contribution < -0.4 is 26.6 Å². The van der Waals surface area contributed by atoms with Gasteiger partial charge in [0, 0.05) is 45.1 Å². The fourth-order valence-electron chi connectivity index (χ4n) is 9.58. The number of likely N-dealkylation sites (tertiary alicyclic amines) is 1. The molecule has 3 unspecified atom stereocenters. The summed E-state index contributed by atoms with van der Waals surface area (Å²) in [5.41, 5.74) is -8.67. The van der Waals surface area contributed by atoms with E-state index in [2.05, 4.69) is 26.6 Å². The molecule has 6 amide bonds. The molecule has 0 aromatic carbocycles. The molecule has 3 fully saturated rings. The van der Waals surface area contributed by atoms with Crippen molar-refractivity contribution in [2.24, 2.45) is 5.92 Å². The summed E-state index contributed by atoms with van der Waals surface area (Å²) >= 11 is 0. The number of ether oxygens (including phenoxy) is 8. The maximum Gasteiger partial charge on any atom is 0.410 e. The van der Waals surface area contributed by atoms with E-state index >= 15 is 0 Å². The third-order valence-corrected chi connectivity index (χ3v) is 12.8. The Morgan fingerprint density at radius 1 is 0.759 bits per heavy atom. The van der Waals surface area contributed by atoms with Gasteiger partial charge in [-0.3, -0.25) is 4.79 Å². The molecule has 0 spiro atoms. The summed E-state index contributed by atoms with van der Waals surface area (Å²) < 4.78 is 46.9. The summed E-state index contributed by atoms with van der Waals surface area (Å²) in [5.74, 6) is -2.02. The molecular formula is C53H93N7O19. The van der Waals surface area contributed by atoms with Crippen LogP contribution in [-0.2, 0) is 42.7 Å². The highest BCUT2D eigenvalue weighted by Gasteiger charge is 2.58. The van der Waals surface area contributed by atoms with Crippen LogP contribution in [-0.4, -0.2) is 218 Å². The third kappa shape index (κ3) is 20.5. The molecule has 1 aliphatic carbocycles. The van der Waals surface area contributed by atoms with Crippen molar-refractivity contribution < 1.29 is 92.2 Å². The van der Waals surface area contributed by atoms with Gasteiger partial charge in [0.1, 0.15) is 57.7 Å². The fraction of sp³-hybridized carbons (Fsp3) is 0.849. The minimum Gasteiger partial charge on any atom is -0.491 e. The van der Waals surface area contributed by atoms with Crippen molar-refractivity contribution in [2.75, 3.05) is 46.4 Å². The van der Waals surface area contributed by atoms with E-state index in [9.17, 15) is 54.3 Å². The average molecular weight is 1130 g/mol. The van der Waals surface area contributed by atoms with Crippen molar-refractivity contribution >= 4 is 36.4 Å². The number of alkyl carbamates (subject to hydrolysis) is 3. The lowest BCUT2D eigenvalue weighted by Gasteiger charge is -2.52. The Labute approximate surface area is 464 Å². The highest BCUT2D eigenvalue weighted by Crippen LogP contribution is 2.39. The van der Waals surface area contributed by atoms with Gasteiger partial charge in [0.25, 0.3) is 5.91 Å². The van der Waals surface area contributed by atoms with E-state index in [0.717, 1.165) is 4.90 Å². The van der Waals surface area contributed by atoms with Crippen LogP contribution in [0.25, 0.3) is 0 Å². The van der Waals surface area contributed by atoms with E-state index in [1.165, 1.54) is 18.9 Å². The van der Waals surface area contributed by atoms with Gasteiger partial charge in [-0.15, -0.1) is 0 Å². The van der Waals surface area contributed by atoms with Crippen molar-refractivity contribution in [3.63, 3.8) is 0 Å². The Balaban J connectivity index is 1.79. The fourth-order valence-corrected chi connectivity index (χ4v) is 9.58. The van der Waals surface area contributed by atoms with Crippen molar-refractivity contribution in [3.05, 3.63) is 11.8 Å². The van der Waals surface area contributed by atoms with E-state index in [0.29, 0.717) is 5.76 Å². The van der Waals surface area contributed by atoms with E-state index in [-0.39, 0.29) is 51.9 Å². The second-order valence-corrected chi connectivity index (χ2v) is 26.2. The summed E-state index contributed by atoms with van der Waals surface area (Å²) in [5, 5.41) is 73.8. The zero-order valence-corrected chi connectivity index (χ0v) is 49.3. The Bertz CT molecular complexity index is 2150. The van der Waals surface area contributed by atoms with Crippen LogP contribution >= 0.6 is 0 Å². The lowest BCUT2D eigenvalue weighted by Crippen LogP contribution is -2.71. The highest BCUT2D eigenvalue weighted by molar-refractivity contribution is 5.87. The first-order valence-electron chi connectivity index (χ1n) is 27.0. The van der Waals surface area contributed by atoms with Crippen LogP contribution in [0.1, 0.15) is 136 Å². The number of amides is 6. The first kappa shape index (κ1) is 66.6. The van der Waals surface area contributed by atoms with Crippen molar-refractivity contribution in [3.8, 4) is 0 Å². The predicted molar refractivity (Wildman–Crippen MR) is 284 cm³/mol. The second kappa shape index (κ2) is 25.9. The van der Waals surface area contributed by atoms with E-state index in [1.807, 2.05) is 0 Å². The number of β-amino-alcohol motifs (C(OH)–C–C–N with tert-alkyl or cyclic N) is 1. The molecule has 13 atom stereocenters. The molecular weight excluding hydrogens is 1040 g/mol. The topological polar surface area (TPSA) is 344 Å². The zero-order valence-electron chi connectivity index (χ0n) is 49.3. The molecule has 4 aliphatic rings. The number of rotatable bonds is 15. The lowest BCUT2D eigenvalue weighted by atomic mass is 9.72. The zero-order chi connectivity index (χ0) is 60.0. The predicted octanol–water partition coefficient (Wildman–Crippen LogP) is 2.64. The van der Waals surface area contributed by atoms with Crippen LogP contribution in [0.15, 0.2) is 11.8 Å². The van der Waals surface area contributed by atoms with Gasteiger partial charge in [0.05, 0.1) is 50.0 Å². The summed E-state index contributed by atoms with van der Waals surface area (Å²) in [7, 11) is 1.31. The summed E-state index contributed by atoms with van der Waals surface area (Å²) in [6.45, 7) is 25.5. The summed E-state index contributed by atoms with van der Waals surface area (Å²) in [4.78, 5) is 83.0. The number of nitrogens with zero attached hydrogens (tertiary/aromatic N) is 2. The second-order valence-electron chi connectivity index (χ2n) is 26.2. The molecule has 26 nitrogen and oxygen atoms in total. The average Bonchev–Trinajstić information content (AvgIpc) is 3.66. The maximum atomic E-state index is 14.5. The SMILES string of the molecule is CN(C(=O)OC(C)(C)C)[C@@H]1[C@@H](O)[C@@H](O[C@H]2[C@H](NC(=O)C3(O)CCN(C(=O)OC(C)(C)C)C3)C[C@H](NC(=O)OC(C)(C)C)C([C@H]3OC(CNCC(O)CCNC(=O)OC(C)(C)C)=CC[C@H]3NC(=O)OC(C)(C)C)[C@@H]2O)OC[C@]1(C)O. The molecule has 10 N–H and O–H groups in total. The minimum absolute atomic E-state index is 0.00524. The highest BCUT2D eigenvalue weighted by atomic mass is 16.7. The standard InChI is InChI=1S/C53H93N7O19/c1-47(2,3)75-42(65)55-22-20-29(61)25-54-26-30-18-19-31(57-43(66)76-48(4,5)6)37(73-30)34-32(58-44(67)77-49(7,8)9)24-33(56-41(64)53(71)21-23-60(27-53)46(69)79-51(13,14)15)38(35(34)62)74-40-36(63)39(52(16,70)28-72-40)59(17)45(68)78-50(10,11)12/h18,29,31-40,54,61-63,70-71H,19-28H2,1-17H3,(H,55,65)(H,56,64)(H,57,66)(H,58,67)/t29?,31-,32+,33-,34?,35+,36-,37+,38+,39-,40-,52+,53?/m1/s1. The smallest absolute Gasteiger partial charge is 0.410 e. The molecule has 2 saturated heterocycles. The van der Waals surface area contributed by atoms with Crippen LogP contribution in [0.5, 0.6) is 0 Å². The lowest BCUT2D eigenvalue weighted by molar-refractivity contribution is -0.306. The molecule has 1 saturated carbocycles. The van der Waals surface area contributed by atoms with Gasteiger partial charge in [-0.05, 0) is 136 Å². The van der Waals surface area contributed by atoms with Crippen LogP contribution in [0.4, 0.5) is 24.0 Å². The molecule has 0 radical (unpaired) electrons. The molecule has 3 aliphatic heterocycles. The molecule has 454 valence electrons. The molecule has 4 rings (SSSR count). The number of hydrogen-bond donors (Lipinski definition) is 10. The monoisotopic (exact) mass is 1130 g/mol. The van der Waals surface area contributed by atoms with Crippen LogP contribution in [0.3, 0.4) is 0 Å². The van der Waals surface area contributed by atoms with Gasteiger partial charge in [0.2, 0.25) is 0 Å². The number of carbonyl (C=O) groups is 6. The Kier molecular flexibility index (Phi) is 21.8. The first-order valence-corrected chi connectivity index (χ1v) is 27.0. The van der Waals surface area contributed by atoms with Gasteiger partial charge in [-0.25, -0.2) is 24.0 Å².